The van der Waals surface area contributed by atoms with Crippen molar-refractivity contribution in [1.82, 2.24) is 0 Å². The van der Waals surface area contributed by atoms with E-state index < -0.39 is 0 Å². The molecule has 3 rings (SSSR count). The van der Waals surface area contributed by atoms with Gasteiger partial charge in [-0.1, -0.05) is 87.8 Å². The monoisotopic (exact) mass is 466 g/mol. The van der Waals surface area contributed by atoms with Gasteiger partial charge in [-0.3, -0.25) is 0 Å². The van der Waals surface area contributed by atoms with Crippen LogP contribution in [0.25, 0.3) is 0 Å². The number of hydrogen-bond donors (Lipinski definition) is 0. The van der Waals surface area contributed by atoms with Crippen molar-refractivity contribution >= 4 is 0 Å². The predicted octanol–water partition coefficient (Wildman–Crippen LogP) is 3.74. The van der Waals surface area contributed by atoms with Gasteiger partial charge in [0.25, 0.3) is 0 Å². The fourth-order valence-corrected chi connectivity index (χ4v) is 4.54. The van der Waals surface area contributed by atoms with E-state index in [9.17, 15) is 0 Å². The van der Waals surface area contributed by atoms with Gasteiger partial charge in [0.05, 0.1) is 0 Å². The van der Waals surface area contributed by atoms with E-state index in [1.165, 1.54) is 69.2 Å². The summed E-state index contributed by atoms with van der Waals surface area (Å²) < 4.78 is 0. The van der Waals surface area contributed by atoms with Crippen LogP contribution in [0.4, 0.5) is 0 Å². The second-order valence-electron chi connectivity index (χ2n) is 10.6. The summed E-state index contributed by atoms with van der Waals surface area (Å²) in [5.74, 6) is 4.26. The molecule has 0 fully saturated rings. The molecular weight excluding hydrogens is 422 g/mol. The zero-order chi connectivity index (χ0) is 24.8. The Bertz CT molecular complexity index is 1000. The van der Waals surface area contributed by atoms with Crippen molar-refractivity contribution in [2.24, 2.45) is 11.8 Å². The molecule has 0 aliphatic carbocycles. The van der Waals surface area contributed by atoms with Crippen molar-refractivity contribution in [2.75, 3.05) is 0 Å². The topological polar surface area (TPSA) is 0 Å². The third-order valence-electron chi connectivity index (χ3n) is 7.77. The maximum atomic E-state index is 2.46. The molecule has 0 aromatic heterocycles. The molecule has 0 bridgehead atoms. The molecule has 0 spiro atoms. The summed E-state index contributed by atoms with van der Waals surface area (Å²) in [5, 5.41) is 0. The summed E-state index contributed by atoms with van der Waals surface area (Å²) in [5.41, 5.74) is 10.9. The van der Waals surface area contributed by atoms with Crippen LogP contribution in [0.3, 0.4) is 0 Å². The molecule has 3 aromatic carbocycles. The summed E-state index contributed by atoms with van der Waals surface area (Å²) >= 11 is 0. The van der Waals surface area contributed by atoms with Gasteiger partial charge in [0.15, 0.2) is 0 Å². The normalized spacial score (nSPS) is 12.2. The van der Waals surface area contributed by atoms with Crippen LogP contribution in [-0.2, 0) is 0 Å². The molecule has 2 heteroatoms. The fraction of sp³-hybridized carbons (Fsp3) is 0.412. The molecule has 0 radical (unpaired) electrons. The first-order chi connectivity index (χ1) is 16.2. The van der Waals surface area contributed by atoms with E-state index in [4.69, 9.17) is 0 Å². The van der Waals surface area contributed by atoms with Crippen LogP contribution in [0.5, 0.6) is 0 Å². The van der Waals surface area contributed by atoms with Crippen LogP contribution in [-0.4, -0.2) is 0 Å². The maximum Gasteiger partial charge on any atom is 1.00 e. The SMILES string of the molecule is CCC(C)C[C-](c1cccc([C-](CC(C)CC)c2ccc(C)c(C)c2)c1)c1ccc(C)c(C)c1.[Li+].[Li+]. The van der Waals surface area contributed by atoms with E-state index in [1.54, 1.807) is 0 Å². The predicted molar refractivity (Wildman–Crippen MR) is 149 cm³/mol. The Morgan fingerprint density at radius 2 is 0.889 bits per heavy atom. The van der Waals surface area contributed by atoms with Crippen LogP contribution in [0, 0.1) is 51.4 Å². The van der Waals surface area contributed by atoms with E-state index in [0.29, 0.717) is 11.8 Å². The molecule has 0 amide bonds. The van der Waals surface area contributed by atoms with Crippen LogP contribution < -0.4 is 37.7 Å². The van der Waals surface area contributed by atoms with Gasteiger partial charge in [0.1, 0.15) is 0 Å². The Kier molecular flexibility index (Phi) is 13.7. The van der Waals surface area contributed by atoms with Gasteiger partial charge >= 0.3 is 37.7 Å². The second kappa shape index (κ2) is 15.1. The molecule has 36 heavy (non-hydrogen) atoms. The van der Waals surface area contributed by atoms with Crippen molar-refractivity contribution in [3.63, 3.8) is 0 Å². The zero-order valence-electron chi connectivity index (χ0n) is 24.8. The Balaban J connectivity index is 0.00000324. The number of hydrogen-bond acceptors (Lipinski definition) is 0. The average molecular weight is 467 g/mol. The maximum absolute atomic E-state index is 2.46. The molecule has 0 nitrogen and oxygen atoms in total. The third kappa shape index (κ3) is 8.30. The number of benzene rings is 3. The molecule has 0 saturated carbocycles. The molecule has 3 aromatic rings. The minimum absolute atomic E-state index is 0. The van der Waals surface area contributed by atoms with E-state index in [1.807, 2.05) is 0 Å². The molecule has 0 aliphatic rings. The molecule has 2 unspecified atom stereocenters. The minimum atomic E-state index is 0. The Morgan fingerprint density at radius 3 is 1.22 bits per heavy atom. The zero-order valence-corrected chi connectivity index (χ0v) is 24.8. The largest absolute Gasteiger partial charge is 1.00 e. The smallest absolute Gasteiger partial charge is 0.129 e. The van der Waals surface area contributed by atoms with Gasteiger partial charge in [-0.05, 0) is 39.5 Å². The molecule has 2 atom stereocenters. The molecule has 0 saturated heterocycles. The van der Waals surface area contributed by atoms with E-state index in [-0.39, 0.29) is 37.7 Å². The molecule has 182 valence electrons. The van der Waals surface area contributed by atoms with Crippen molar-refractivity contribution < 1.29 is 37.7 Å². The van der Waals surface area contributed by atoms with Gasteiger partial charge in [0, 0.05) is 0 Å². The molecule has 0 N–H and O–H groups in total. The van der Waals surface area contributed by atoms with Gasteiger partial charge in [-0.15, -0.1) is 82.6 Å². The quantitative estimate of drug-likeness (QED) is 0.316. The first-order valence-corrected chi connectivity index (χ1v) is 13.2. The van der Waals surface area contributed by atoms with Gasteiger partial charge in [-0.2, -0.15) is 0 Å². The molecular formula is C34H44Li2. The van der Waals surface area contributed by atoms with Crippen LogP contribution in [0.15, 0.2) is 60.7 Å². The van der Waals surface area contributed by atoms with Crippen molar-refractivity contribution in [3.8, 4) is 0 Å². The first kappa shape index (κ1) is 32.6. The van der Waals surface area contributed by atoms with E-state index in [2.05, 4.69) is 116 Å². The van der Waals surface area contributed by atoms with Crippen molar-refractivity contribution in [3.05, 3.63) is 117 Å². The second-order valence-corrected chi connectivity index (χ2v) is 10.6. The summed E-state index contributed by atoms with van der Waals surface area (Å²) in [7, 11) is 0. The summed E-state index contributed by atoms with van der Waals surface area (Å²) in [6.45, 7) is 18.2. The van der Waals surface area contributed by atoms with Gasteiger partial charge < -0.3 is 0 Å². The number of aryl methyl sites for hydroxylation is 4. The first-order valence-electron chi connectivity index (χ1n) is 13.2. The van der Waals surface area contributed by atoms with E-state index >= 15 is 0 Å². The van der Waals surface area contributed by atoms with Crippen LogP contribution in [0.2, 0.25) is 0 Å². The van der Waals surface area contributed by atoms with Crippen molar-refractivity contribution in [2.45, 2.75) is 81.1 Å². The molecule has 0 aliphatic heterocycles. The van der Waals surface area contributed by atoms with Crippen LogP contribution >= 0.6 is 0 Å². The Labute approximate surface area is 246 Å². The Hall–Kier alpha value is -1.41. The number of rotatable bonds is 10. The molecule has 0 heterocycles. The summed E-state index contributed by atoms with van der Waals surface area (Å²) in [4.78, 5) is 0. The van der Waals surface area contributed by atoms with Gasteiger partial charge in [0.2, 0.25) is 0 Å². The fourth-order valence-electron chi connectivity index (χ4n) is 4.54. The van der Waals surface area contributed by atoms with Gasteiger partial charge in [-0.25, -0.2) is 0 Å². The third-order valence-corrected chi connectivity index (χ3v) is 7.77. The Morgan fingerprint density at radius 1 is 0.528 bits per heavy atom. The van der Waals surface area contributed by atoms with E-state index in [0.717, 1.165) is 12.8 Å². The van der Waals surface area contributed by atoms with Crippen molar-refractivity contribution in [1.29, 1.82) is 0 Å². The summed E-state index contributed by atoms with van der Waals surface area (Å²) in [6.07, 6.45) is 4.60. The summed E-state index contributed by atoms with van der Waals surface area (Å²) in [6, 6.07) is 23.3. The minimum Gasteiger partial charge on any atom is -0.129 e. The van der Waals surface area contributed by atoms with Crippen LogP contribution in [0.1, 0.15) is 97.9 Å². The average Bonchev–Trinajstić information content (AvgIpc) is 2.84. The standard InChI is InChI=1S/C34H44.2Li/c1-9-23(3)18-33(31-16-14-25(5)27(7)20-31)29-12-11-13-30(22-29)34(19-24(4)10-2)32-17-15-26(6)28(8)21-32;;/h11-17,20-24H,9-10,18-19H2,1-8H3;;/q-2;2*+1.